The summed E-state index contributed by atoms with van der Waals surface area (Å²) in [6.07, 6.45) is 5.25. The third kappa shape index (κ3) is 3.60. The molecule has 19 heavy (non-hydrogen) atoms. The quantitative estimate of drug-likeness (QED) is 0.530. The van der Waals surface area contributed by atoms with Crippen molar-refractivity contribution in [3.63, 3.8) is 0 Å². The van der Waals surface area contributed by atoms with E-state index in [4.69, 9.17) is 29.6 Å². The molecule has 1 aromatic rings. The molecule has 1 amide bonds. The van der Waals surface area contributed by atoms with Gasteiger partial charge in [0.25, 0.3) is 11.6 Å². The summed E-state index contributed by atoms with van der Waals surface area (Å²) in [7, 11) is 0. The van der Waals surface area contributed by atoms with Crippen LogP contribution in [-0.2, 0) is 0 Å². The largest absolute Gasteiger partial charge is 0.336 e. The van der Waals surface area contributed by atoms with Crippen LogP contribution >= 0.6 is 23.2 Å². The van der Waals surface area contributed by atoms with Crippen molar-refractivity contribution in [1.82, 2.24) is 5.32 Å². The van der Waals surface area contributed by atoms with Gasteiger partial charge < -0.3 is 5.32 Å². The molecule has 0 bridgehead atoms. The first-order chi connectivity index (χ1) is 8.68. The molecule has 1 aromatic carbocycles. The van der Waals surface area contributed by atoms with Crippen LogP contribution in [0.15, 0.2) is 12.1 Å². The Bertz CT molecular complexity index is 591. The van der Waals surface area contributed by atoms with Gasteiger partial charge in [-0.25, -0.2) is 0 Å². The smallest absolute Gasteiger partial charge is 0.271 e. The average Bonchev–Trinajstić information content (AvgIpc) is 2.31. The number of non-ortho nitro benzene ring substituents is 1. The third-order valence-electron chi connectivity index (χ3n) is 2.26. The van der Waals surface area contributed by atoms with Crippen molar-refractivity contribution in [2.24, 2.45) is 0 Å². The lowest BCUT2D eigenvalue weighted by Gasteiger charge is -2.20. The topological polar surface area (TPSA) is 72.2 Å². The summed E-state index contributed by atoms with van der Waals surface area (Å²) in [4.78, 5) is 22.1. The van der Waals surface area contributed by atoms with Gasteiger partial charge in [-0.05, 0) is 13.8 Å². The molecular formula is C12H10Cl2N2O3. The number of nitrogens with zero attached hydrogens (tertiary/aromatic N) is 1. The molecule has 0 radical (unpaired) electrons. The summed E-state index contributed by atoms with van der Waals surface area (Å²) < 4.78 is 0. The van der Waals surface area contributed by atoms with Crippen LogP contribution in [0.5, 0.6) is 0 Å². The van der Waals surface area contributed by atoms with Gasteiger partial charge in [-0.2, -0.15) is 0 Å². The maximum Gasteiger partial charge on any atom is 0.271 e. The maximum atomic E-state index is 12.0. The van der Waals surface area contributed by atoms with Crippen LogP contribution in [0.3, 0.4) is 0 Å². The fourth-order valence-corrected chi connectivity index (χ4v) is 1.64. The van der Waals surface area contributed by atoms with Crippen LogP contribution in [0.1, 0.15) is 24.2 Å². The van der Waals surface area contributed by atoms with Crippen LogP contribution in [0, 0.1) is 22.5 Å². The Morgan fingerprint density at radius 3 is 2.53 bits per heavy atom. The highest BCUT2D eigenvalue weighted by Crippen LogP contribution is 2.31. The number of nitro benzene ring substituents is 1. The van der Waals surface area contributed by atoms with Crippen LogP contribution in [0.25, 0.3) is 0 Å². The number of terminal acetylenes is 1. The standard InChI is InChI=1S/C12H10Cl2N2O3/c1-4-12(2,3)15-11(17)8-5-7(16(18)19)6-9(13)10(8)14/h1,5-6H,2-3H3,(H,15,17). The minimum Gasteiger partial charge on any atom is -0.336 e. The molecule has 0 aromatic heterocycles. The molecule has 0 saturated carbocycles. The van der Waals surface area contributed by atoms with E-state index in [1.54, 1.807) is 13.8 Å². The molecule has 0 heterocycles. The van der Waals surface area contributed by atoms with Gasteiger partial charge in [0.2, 0.25) is 0 Å². The van der Waals surface area contributed by atoms with Gasteiger partial charge >= 0.3 is 0 Å². The van der Waals surface area contributed by atoms with E-state index in [0.29, 0.717) is 0 Å². The predicted molar refractivity (Wildman–Crippen MR) is 73.5 cm³/mol. The molecule has 7 heteroatoms. The van der Waals surface area contributed by atoms with Crippen LogP contribution in [0.2, 0.25) is 10.0 Å². The number of hydrogen-bond acceptors (Lipinski definition) is 3. The van der Waals surface area contributed by atoms with Crippen molar-refractivity contribution in [3.8, 4) is 12.3 Å². The van der Waals surface area contributed by atoms with E-state index in [0.717, 1.165) is 12.1 Å². The second-order valence-corrected chi connectivity index (χ2v) is 5.05. The Kier molecular flexibility index (Phi) is 4.40. The van der Waals surface area contributed by atoms with E-state index < -0.39 is 16.4 Å². The summed E-state index contributed by atoms with van der Waals surface area (Å²) in [6.45, 7) is 3.22. The molecule has 100 valence electrons. The Morgan fingerprint density at radius 1 is 1.47 bits per heavy atom. The highest BCUT2D eigenvalue weighted by molar-refractivity contribution is 6.44. The number of rotatable bonds is 3. The molecule has 0 aliphatic rings. The first-order valence-corrected chi connectivity index (χ1v) is 5.87. The number of carbonyl (C=O) groups is 1. The minimum absolute atomic E-state index is 0.0578. The van der Waals surface area contributed by atoms with E-state index in [1.165, 1.54) is 0 Å². The zero-order valence-electron chi connectivity index (χ0n) is 10.2. The van der Waals surface area contributed by atoms with Gasteiger partial charge in [-0.1, -0.05) is 29.1 Å². The van der Waals surface area contributed by atoms with Gasteiger partial charge in [-0.3, -0.25) is 14.9 Å². The number of nitrogens with one attached hydrogen (secondary N) is 1. The van der Waals surface area contributed by atoms with Crippen molar-refractivity contribution in [1.29, 1.82) is 0 Å². The second kappa shape index (κ2) is 5.47. The van der Waals surface area contributed by atoms with Gasteiger partial charge in [0.15, 0.2) is 0 Å². The molecule has 1 N–H and O–H groups in total. The van der Waals surface area contributed by atoms with Gasteiger partial charge in [0.1, 0.15) is 0 Å². The molecule has 0 saturated heterocycles. The number of halogens is 2. The van der Waals surface area contributed by atoms with Gasteiger partial charge in [0.05, 0.1) is 26.1 Å². The lowest BCUT2D eigenvalue weighted by atomic mass is 10.1. The average molecular weight is 301 g/mol. The van der Waals surface area contributed by atoms with Crippen molar-refractivity contribution >= 4 is 34.8 Å². The molecular weight excluding hydrogens is 291 g/mol. The summed E-state index contributed by atoms with van der Waals surface area (Å²) >= 11 is 11.6. The molecule has 0 fully saturated rings. The van der Waals surface area contributed by atoms with Crippen LogP contribution in [-0.4, -0.2) is 16.4 Å². The van der Waals surface area contributed by atoms with Crippen molar-refractivity contribution in [3.05, 3.63) is 37.9 Å². The minimum atomic E-state index is -0.905. The highest BCUT2D eigenvalue weighted by atomic mass is 35.5. The van der Waals surface area contributed by atoms with E-state index in [9.17, 15) is 14.9 Å². The normalized spacial score (nSPS) is 10.7. The molecule has 0 aliphatic heterocycles. The Hall–Kier alpha value is -1.77. The van der Waals surface area contributed by atoms with Crippen molar-refractivity contribution in [2.45, 2.75) is 19.4 Å². The zero-order valence-corrected chi connectivity index (χ0v) is 11.7. The number of hydrogen-bond donors (Lipinski definition) is 1. The second-order valence-electron chi connectivity index (χ2n) is 4.27. The summed E-state index contributed by atoms with van der Waals surface area (Å²) in [6, 6.07) is 2.13. The Labute approximate surface area is 120 Å². The number of amides is 1. The highest BCUT2D eigenvalue weighted by Gasteiger charge is 2.23. The van der Waals surface area contributed by atoms with Gasteiger partial charge in [-0.15, -0.1) is 6.42 Å². The van der Waals surface area contributed by atoms with E-state index in [1.807, 2.05) is 0 Å². The molecule has 5 nitrogen and oxygen atoms in total. The maximum absolute atomic E-state index is 12.0. The molecule has 0 atom stereocenters. The number of nitro groups is 1. The lowest BCUT2D eigenvalue weighted by Crippen LogP contribution is -2.42. The van der Waals surface area contributed by atoms with Gasteiger partial charge in [0, 0.05) is 12.1 Å². The fraction of sp³-hybridized carbons (Fsp3) is 0.250. The fourth-order valence-electron chi connectivity index (χ4n) is 1.23. The molecule has 1 rings (SSSR count). The van der Waals surface area contributed by atoms with Crippen LogP contribution in [0.4, 0.5) is 5.69 Å². The van der Waals surface area contributed by atoms with E-state index in [2.05, 4.69) is 11.2 Å². The summed E-state index contributed by atoms with van der Waals surface area (Å²) in [5.41, 5.74) is -1.32. The monoisotopic (exact) mass is 300 g/mol. The first kappa shape index (κ1) is 15.3. The lowest BCUT2D eigenvalue weighted by molar-refractivity contribution is -0.384. The van der Waals surface area contributed by atoms with Crippen LogP contribution < -0.4 is 5.32 Å². The zero-order chi connectivity index (χ0) is 14.8. The Balaban J connectivity index is 3.24. The van der Waals surface area contributed by atoms with E-state index >= 15 is 0 Å². The summed E-state index contributed by atoms with van der Waals surface area (Å²) in [5, 5.41) is 13.1. The SMILES string of the molecule is C#CC(C)(C)NC(=O)c1cc([N+](=O)[O-])cc(Cl)c1Cl. The predicted octanol–water partition coefficient (Wildman–Crippen LogP) is 3.04. The molecule has 0 spiro atoms. The Morgan fingerprint density at radius 2 is 2.05 bits per heavy atom. The number of carbonyl (C=O) groups excluding carboxylic acids is 1. The first-order valence-electron chi connectivity index (χ1n) is 5.11. The van der Waals surface area contributed by atoms with Crippen molar-refractivity contribution < 1.29 is 9.72 Å². The number of benzene rings is 1. The molecule has 0 aliphatic carbocycles. The van der Waals surface area contributed by atoms with Crippen molar-refractivity contribution in [2.75, 3.05) is 0 Å². The van der Waals surface area contributed by atoms with E-state index in [-0.39, 0.29) is 21.3 Å². The summed E-state index contributed by atoms with van der Waals surface area (Å²) in [5.74, 6) is 1.75. The molecule has 0 unspecified atom stereocenters. The third-order valence-corrected chi connectivity index (χ3v) is 3.06.